The van der Waals surface area contributed by atoms with Gasteiger partial charge in [0.25, 0.3) is 0 Å². The third kappa shape index (κ3) is 2.43. The summed E-state index contributed by atoms with van der Waals surface area (Å²) < 4.78 is 0. The van der Waals surface area contributed by atoms with Crippen LogP contribution in [0.5, 0.6) is 0 Å². The minimum absolute atomic E-state index is 0.0540. The van der Waals surface area contributed by atoms with Crippen molar-refractivity contribution in [2.24, 2.45) is 4.99 Å². The third-order valence-corrected chi connectivity index (χ3v) is 4.73. The number of hydrogen-bond acceptors (Lipinski definition) is 2. The molecule has 5 rings (SSSR count). The van der Waals surface area contributed by atoms with E-state index in [0.29, 0.717) is 0 Å². The summed E-state index contributed by atoms with van der Waals surface area (Å²) in [6, 6.07) is 24.6. The molecule has 0 fully saturated rings. The molecule has 0 radical (unpaired) electrons. The van der Waals surface area contributed by atoms with Gasteiger partial charge in [0, 0.05) is 29.2 Å². The Balaban J connectivity index is 1.63. The minimum atomic E-state index is 0.0540. The number of para-hydroxylation sites is 2. The molecule has 3 N–H and O–H groups in total. The number of aliphatic imine (C=N–C) groups is 1. The number of hydrogen-bond donors (Lipinski definition) is 3. The van der Waals surface area contributed by atoms with Crippen LogP contribution in [-0.2, 0) is 0 Å². The molecule has 0 amide bonds. The number of benzene rings is 2. The molecule has 2 aromatic carbocycles. The summed E-state index contributed by atoms with van der Waals surface area (Å²) in [5, 5.41) is 3.64. The van der Waals surface area contributed by atoms with Gasteiger partial charge in [0.15, 0.2) is 0 Å². The van der Waals surface area contributed by atoms with Gasteiger partial charge in [-0.3, -0.25) is 0 Å². The smallest absolute Gasteiger partial charge is 0.0966 e. The van der Waals surface area contributed by atoms with Crippen LogP contribution >= 0.6 is 0 Å². The quantitative estimate of drug-likeness (QED) is 0.482. The number of aromatic nitrogens is 2. The van der Waals surface area contributed by atoms with Crippen molar-refractivity contribution in [2.45, 2.75) is 6.04 Å². The average molecular weight is 338 g/mol. The third-order valence-electron chi connectivity index (χ3n) is 4.73. The lowest BCUT2D eigenvalue weighted by Crippen LogP contribution is -2.23. The number of anilines is 1. The summed E-state index contributed by atoms with van der Waals surface area (Å²) in [7, 11) is 0. The fraction of sp³-hybridized carbons (Fsp3) is 0.0455. The lowest BCUT2D eigenvalue weighted by Gasteiger charge is -2.26. The Morgan fingerprint density at radius 3 is 2.31 bits per heavy atom. The van der Waals surface area contributed by atoms with E-state index in [-0.39, 0.29) is 6.04 Å². The van der Waals surface area contributed by atoms with Crippen molar-refractivity contribution in [3.05, 3.63) is 108 Å². The van der Waals surface area contributed by atoms with Gasteiger partial charge in [-0.25, -0.2) is 4.99 Å². The van der Waals surface area contributed by atoms with Crippen LogP contribution in [0.15, 0.2) is 90.2 Å². The zero-order chi connectivity index (χ0) is 17.3. The summed E-state index contributed by atoms with van der Waals surface area (Å²) in [6.45, 7) is 0. The van der Waals surface area contributed by atoms with E-state index < -0.39 is 0 Å². The Bertz CT molecular complexity index is 1010. The van der Waals surface area contributed by atoms with Crippen molar-refractivity contribution in [2.75, 3.05) is 5.32 Å². The van der Waals surface area contributed by atoms with Gasteiger partial charge < -0.3 is 15.3 Å². The SMILES string of the molecule is c1ccc(N=C2c3cc[nH]c3C(Nc3ccccc3)c3cc[nH]c32)cc1. The van der Waals surface area contributed by atoms with Gasteiger partial charge in [-0.2, -0.15) is 0 Å². The van der Waals surface area contributed by atoms with Crippen molar-refractivity contribution in [1.82, 2.24) is 9.97 Å². The highest BCUT2D eigenvalue weighted by Gasteiger charge is 2.31. The highest BCUT2D eigenvalue weighted by Crippen LogP contribution is 2.37. The Labute approximate surface area is 151 Å². The van der Waals surface area contributed by atoms with Gasteiger partial charge in [-0.1, -0.05) is 36.4 Å². The number of fused-ring (bicyclic) bond motifs is 2. The van der Waals surface area contributed by atoms with E-state index in [1.54, 1.807) is 0 Å². The second-order valence-electron chi connectivity index (χ2n) is 6.35. The van der Waals surface area contributed by atoms with Gasteiger partial charge >= 0.3 is 0 Å². The molecule has 126 valence electrons. The first-order valence-corrected chi connectivity index (χ1v) is 8.71. The van der Waals surface area contributed by atoms with Crippen LogP contribution in [0.25, 0.3) is 0 Å². The van der Waals surface area contributed by atoms with Gasteiger partial charge in [0.05, 0.1) is 28.8 Å². The molecule has 0 saturated carbocycles. The van der Waals surface area contributed by atoms with E-state index >= 15 is 0 Å². The number of rotatable bonds is 3. The molecule has 1 unspecified atom stereocenters. The van der Waals surface area contributed by atoms with E-state index in [9.17, 15) is 0 Å². The maximum atomic E-state index is 4.92. The maximum Gasteiger partial charge on any atom is 0.0966 e. The van der Waals surface area contributed by atoms with Crippen molar-refractivity contribution < 1.29 is 0 Å². The van der Waals surface area contributed by atoms with Gasteiger partial charge in [-0.15, -0.1) is 0 Å². The molecule has 4 nitrogen and oxygen atoms in total. The summed E-state index contributed by atoms with van der Waals surface area (Å²) in [5.41, 5.74) is 7.53. The lowest BCUT2D eigenvalue weighted by atomic mass is 9.89. The van der Waals surface area contributed by atoms with Crippen LogP contribution in [0.2, 0.25) is 0 Å². The van der Waals surface area contributed by atoms with Crippen LogP contribution in [0.3, 0.4) is 0 Å². The summed E-state index contributed by atoms with van der Waals surface area (Å²) in [5.74, 6) is 0. The highest BCUT2D eigenvalue weighted by atomic mass is 15.0. The second kappa shape index (κ2) is 6.08. The fourth-order valence-corrected chi connectivity index (χ4v) is 3.54. The average Bonchev–Trinajstić information content (AvgIpc) is 3.36. The summed E-state index contributed by atoms with van der Waals surface area (Å²) >= 11 is 0. The van der Waals surface area contributed by atoms with Crippen molar-refractivity contribution in [1.29, 1.82) is 0 Å². The molecule has 2 aromatic heterocycles. The predicted octanol–water partition coefficient (Wildman–Crippen LogP) is 5.03. The number of nitrogens with zero attached hydrogens (tertiary/aromatic N) is 1. The Morgan fingerprint density at radius 1 is 0.769 bits per heavy atom. The Hall–Kier alpha value is -3.53. The summed E-state index contributed by atoms with van der Waals surface area (Å²) in [4.78, 5) is 11.7. The van der Waals surface area contributed by atoms with Gasteiger partial charge in [0.1, 0.15) is 0 Å². The van der Waals surface area contributed by atoms with Crippen molar-refractivity contribution in [3.8, 4) is 0 Å². The van der Waals surface area contributed by atoms with E-state index in [4.69, 9.17) is 4.99 Å². The predicted molar refractivity (Wildman–Crippen MR) is 105 cm³/mol. The van der Waals surface area contributed by atoms with Crippen LogP contribution < -0.4 is 5.32 Å². The zero-order valence-electron chi connectivity index (χ0n) is 14.1. The minimum Gasteiger partial charge on any atom is -0.373 e. The Kier molecular flexibility index (Phi) is 3.46. The molecule has 0 spiro atoms. The first-order valence-electron chi connectivity index (χ1n) is 8.71. The van der Waals surface area contributed by atoms with Crippen LogP contribution in [0.4, 0.5) is 11.4 Å². The molecule has 1 atom stereocenters. The first-order chi connectivity index (χ1) is 12.9. The van der Waals surface area contributed by atoms with Crippen molar-refractivity contribution >= 4 is 17.1 Å². The molecule has 0 aliphatic heterocycles. The molecule has 4 aromatic rings. The first kappa shape index (κ1) is 14.8. The maximum absolute atomic E-state index is 4.92. The second-order valence-corrected chi connectivity index (χ2v) is 6.35. The van der Waals surface area contributed by atoms with E-state index in [0.717, 1.165) is 34.0 Å². The summed E-state index contributed by atoms with van der Waals surface area (Å²) in [6.07, 6.45) is 3.97. The number of nitrogens with one attached hydrogen (secondary N) is 3. The number of H-pyrrole nitrogens is 2. The van der Waals surface area contributed by atoms with Crippen molar-refractivity contribution in [3.63, 3.8) is 0 Å². The normalized spacial score (nSPS) is 16.9. The largest absolute Gasteiger partial charge is 0.373 e. The highest BCUT2D eigenvalue weighted by molar-refractivity contribution is 6.16. The number of aromatic amines is 2. The van der Waals surface area contributed by atoms with Crippen LogP contribution in [0, 0.1) is 0 Å². The zero-order valence-corrected chi connectivity index (χ0v) is 14.1. The molecular formula is C22H18N4. The lowest BCUT2D eigenvalue weighted by molar-refractivity contribution is 0.885. The molecule has 2 heterocycles. The van der Waals surface area contributed by atoms with Gasteiger partial charge in [-0.05, 0) is 36.4 Å². The van der Waals surface area contributed by atoms with Gasteiger partial charge in [0.2, 0.25) is 0 Å². The van der Waals surface area contributed by atoms with E-state index in [1.165, 1.54) is 5.56 Å². The fourth-order valence-electron chi connectivity index (χ4n) is 3.54. The van der Waals surface area contributed by atoms with E-state index in [2.05, 4.69) is 39.6 Å². The molecule has 0 bridgehead atoms. The molecule has 1 aliphatic rings. The monoisotopic (exact) mass is 338 g/mol. The molecular weight excluding hydrogens is 320 g/mol. The molecule has 1 aliphatic carbocycles. The molecule has 26 heavy (non-hydrogen) atoms. The van der Waals surface area contributed by atoms with Crippen LogP contribution in [-0.4, -0.2) is 15.7 Å². The standard InChI is InChI=1S/C22H18N4/c1-3-7-15(8-4-1)25-21-17-11-13-24-20(17)22(18-12-14-23-19(18)21)26-16-9-5-2-6-10-16/h1-14,21,23-25H. The molecule has 0 saturated heterocycles. The Morgan fingerprint density at radius 2 is 1.50 bits per heavy atom. The topological polar surface area (TPSA) is 56.0 Å². The van der Waals surface area contributed by atoms with E-state index in [1.807, 2.05) is 60.9 Å². The van der Waals surface area contributed by atoms with Crippen LogP contribution in [0.1, 0.15) is 28.6 Å². The molecule has 4 heteroatoms.